The maximum Gasteiger partial charge on any atom is 0.255 e. The SMILES string of the molecule is Cc1ccc(C#N)cc1NC(=O)c1ccnc(NN)c1. The molecule has 100 valence electrons. The van der Waals surface area contributed by atoms with Crippen LogP contribution < -0.4 is 16.6 Å². The summed E-state index contributed by atoms with van der Waals surface area (Å²) in [7, 11) is 0. The first kappa shape index (κ1) is 13.5. The third kappa shape index (κ3) is 2.91. The second kappa shape index (κ2) is 5.82. The van der Waals surface area contributed by atoms with Crippen LogP contribution in [0.15, 0.2) is 36.5 Å². The molecule has 0 aliphatic rings. The highest BCUT2D eigenvalue weighted by Crippen LogP contribution is 2.18. The van der Waals surface area contributed by atoms with E-state index in [9.17, 15) is 4.79 Å². The van der Waals surface area contributed by atoms with Gasteiger partial charge in [0, 0.05) is 17.4 Å². The topological polar surface area (TPSA) is 104 Å². The van der Waals surface area contributed by atoms with Gasteiger partial charge < -0.3 is 10.7 Å². The summed E-state index contributed by atoms with van der Waals surface area (Å²) in [6.07, 6.45) is 1.49. The van der Waals surface area contributed by atoms with E-state index in [2.05, 4.69) is 15.7 Å². The Hall–Kier alpha value is -2.91. The van der Waals surface area contributed by atoms with Gasteiger partial charge in [-0.1, -0.05) is 6.07 Å². The predicted octanol–water partition coefficient (Wildman–Crippen LogP) is 1.80. The van der Waals surface area contributed by atoms with E-state index in [1.165, 1.54) is 6.20 Å². The van der Waals surface area contributed by atoms with Gasteiger partial charge >= 0.3 is 0 Å². The molecule has 0 fully saturated rings. The minimum absolute atomic E-state index is 0.290. The number of hydrazine groups is 1. The van der Waals surface area contributed by atoms with Crippen molar-refractivity contribution in [3.8, 4) is 6.07 Å². The summed E-state index contributed by atoms with van der Waals surface area (Å²) < 4.78 is 0. The highest BCUT2D eigenvalue weighted by atomic mass is 16.1. The standard InChI is InChI=1S/C14H13N5O/c1-9-2-3-10(8-15)6-12(9)18-14(20)11-4-5-17-13(7-11)19-16/h2-7H,16H2,1H3,(H,17,19)(H,18,20). The lowest BCUT2D eigenvalue weighted by Crippen LogP contribution is -2.15. The zero-order valence-electron chi connectivity index (χ0n) is 10.8. The van der Waals surface area contributed by atoms with Crippen LogP contribution in [0, 0.1) is 18.3 Å². The number of hydrogen-bond acceptors (Lipinski definition) is 5. The van der Waals surface area contributed by atoms with Crippen molar-refractivity contribution in [2.45, 2.75) is 6.92 Å². The Labute approximate surface area is 116 Å². The van der Waals surface area contributed by atoms with Gasteiger partial charge in [0.15, 0.2) is 0 Å². The molecule has 0 saturated heterocycles. The van der Waals surface area contributed by atoms with Crippen molar-refractivity contribution in [3.63, 3.8) is 0 Å². The fourth-order valence-electron chi connectivity index (χ4n) is 1.67. The quantitative estimate of drug-likeness (QED) is 0.581. The highest BCUT2D eigenvalue weighted by molar-refractivity contribution is 6.05. The Balaban J connectivity index is 2.25. The molecule has 6 heteroatoms. The van der Waals surface area contributed by atoms with Crippen LogP contribution in [0.1, 0.15) is 21.5 Å². The molecule has 0 radical (unpaired) electrons. The normalized spacial score (nSPS) is 9.65. The summed E-state index contributed by atoms with van der Waals surface area (Å²) in [5.74, 6) is 5.37. The monoisotopic (exact) mass is 267 g/mol. The number of hydrogen-bond donors (Lipinski definition) is 3. The van der Waals surface area contributed by atoms with Gasteiger partial charge in [-0.25, -0.2) is 10.8 Å². The molecule has 1 amide bonds. The maximum atomic E-state index is 12.1. The van der Waals surface area contributed by atoms with Crippen LogP contribution in [0.3, 0.4) is 0 Å². The van der Waals surface area contributed by atoms with Crippen LogP contribution >= 0.6 is 0 Å². The van der Waals surface area contributed by atoms with E-state index in [4.69, 9.17) is 11.1 Å². The number of aryl methyl sites for hydroxylation is 1. The number of nitrogens with two attached hydrogens (primary N) is 1. The molecular formula is C14H13N5O. The number of amides is 1. The Kier molecular flexibility index (Phi) is 3.93. The average Bonchev–Trinajstić information content (AvgIpc) is 2.49. The minimum Gasteiger partial charge on any atom is -0.322 e. The maximum absolute atomic E-state index is 12.1. The second-order valence-electron chi connectivity index (χ2n) is 4.17. The third-order valence-corrected chi connectivity index (χ3v) is 2.78. The molecule has 0 atom stereocenters. The van der Waals surface area contributed by atoms with Gasteiger partial charge in [-0.05, 0) is 36.8 Å². The van der Waals surface area contributed by atoms with Gasteiger partial charge in [0.1, 0.15) is 5.82 Å². The number of carbonyl (C=O) groups is 1. The molecule has 0 aliphatic heterocycles. The van der Waals surface area contributed by atoms with Gasteiger partial charge in [-0.2, -0.15) is 5.26 Å². The van der Waals surface area contributed by atoms with Gasteiger partial charge in [0.25, 0.3) is 5.91 Å². The van der Waals surface area contributed by atoms with Crippen LogP contribution in [-0.4, -0.2) is 10.9 Å². The van der Waals surface area contributed by atoms with Crippen molar-refractivity contribution in [1.82, 2.24) is 4.98 Å². The van der Waals surface area contributed by atoms with Crippen LogP contribution in [0.2, 0.25) is 0 Å². The van der Waals surface area contributed by atoms with Crippen molar-refractivity contribution >= 4 is 17.4 Å². The summed E-state index contributed by atoms with van der Waals surface area (Å²) in [5.41, 5.74) is 4.78. The number of nitrogen functional groups attached to an aromatic ring is 1. The van der Waals surface area contributed by atoms with Crippen LogP contribution in [0.25, 0.3) is 0 Å². The van der Waals surface area contributed by atoms with E-state index in [1.54, 1.807) is 30.3 Å². The van der Waals surface area contributed by atoms with Gasteiger partial charge in [0.05, 0.1) is 11.6 Å². The first-order valence-corrected chi connectivity index (χ1v) is 5.89. The molecule has 0 bridgehead atoms. The molecule has 0 unspecified atom stereocenters. The molecule has 6 nitrogen and oxygen atoms in total. The van der Waals surface area contributed by atoms with E-state index >= 15 is 0 Å². The van der Waals surface area contributed by atoms with E-state index in [0.29, 0.717) is 22.6 Å². The summed E-state index contributed by atoms with van der Waals surface area (Å²) in [5, 5.41) is 11.6. The molecule has 20 heavy (non-hydrogen) atoms. The van der Waals surface area contributed by atoms with E-state index in [-0.39, 0.29) is 5.91 Å². The number of aromatic nitrogens is 1. The summed E-state index contributed by atoms with van der Waals surface area (Å²) in [6, 6.07) is 10.3. The van der Waals surface area contributed by atoms with Crippen molar-refractivity contribution in [1.29, 1.82) is 5.26 Å². The summed E-state index contributed by atoms with van der Waals surface area (Å²) >= 11 is 0. The Morgan fingerprint density at radius 1 is 1.35 bits per heavy atom. The van der Waals surface area contributed by atoms with Gasteiger partial charge in [-0.15, -0.1) is 0 Å². The van der Waals surface area contributed by atoms with Crippen LogP contribution in [0.4, 0.5) is 11.5 Å². The number of nitrogens with zero attached hydrogens (tertiary/aromatic N) is 2. The van der Waals surface area contributed by atoms with E-state index in [0.717, 1.165) is 5.56 Å². The zero-order chi connectivity index (χ0) is 14.5. The molecule has 1 aromatic carbocycles. The number of rotatable bonds is 3. The Bertz CT molecular complexity index is 690. The number of anilines is 2. The lowest BCUT2D eigenvalue weighted by molar-refractivity contribution is 0.102. The molecular weight excluding hydrogens is 254 g/mol. The molecule has 2 aromatic rings. The lowest BCUT2D eigenvalue weighted by Gasteiger charge is -2.09. The lowest BCUT2D eigenvalue weighted by atomic mass is 10.1. The molecule has 0 saturated carbocycles. The number of nitriles is 1. The van der Waals surface area contributed by atoms with Gasteiger partial charge in [-0.3, -0.25) is 4.79 Å². The van der Waals surface area contributed by atoms with Crippen molar-refractivity contribution < 1.29 is 4.79 Å². The second-order valence-corrected chi connectivity index (χ2v) is 4.17. The predicted molar refractivity (Wildman–Crippen MR) is 75.9 cm³/mol. The molecule has 0 spiro atoms. The van der Waals surface area contributed by atoms with E-state index in [1.807, 2.05) is 13.0 Å². The van der Waals surface area contributed by atoms with Crippen LogP contribution in [-0.2, 0) is 0 Å². The number of benzene rings is 1. The third-order valence-electron chi connectivity index (χ3n) is 2.78. The zero-order valence-corrected chi connectivity index (χ0v) is 10.8. The molecule has 4 N–H and O–H groups in total. The number of carbonyl (C=O) groups excluding carboxylic acids is 1. The summed E-state index contributed by atoms with van der Waals surface area (Å²) in [6.45, 7) is 1.86. The number of pyridine rings is 1. The molecule has 0 aliphatic carbocycles. The van der Waals surface area contributed by atoms with E-state index < -0.39 is 0 Å². The van der Waals surface area contributed by atoms with Crippen LogP contribution in [0.5, 0.6) is 0 Å². The number of nitrogens with one attached hydrogen (secondary N) is 2. The fourth-order valence-corrected chi connectivity index (χ4v) is 1.67. The van der Waals surface area contributed by atoms with Crippen molar-refractivity contribution in [2.24, 2.45) is 5.84 Å². The Morgan fingerprint density at radius 2 is 2.15 bits per heavy atom. The van der Waals surface area contributed by atoms with Crippen molar-refractivity contribution in [3.05, 3.63) is 53.2 Å². The average molecular weight is 267 g/mol. The molecule has 1 heterocycles. The minimum atomic E-state index is -0.290. The first-order chi connectivity index (χ1) is 9.63. The first-order valence-electron chi connectivity index (χ1n) is 5.89. The fraction of sp³-hybridized carbons (Fsp3) is 0.0714. The Morgan fingerprint density at radius 3 is 2.85 bits per heavy atom. The van der Waals surface area contributed by atoms with Crippen molar-refractivity contribution in [2.75, 3.05) is 10.7 Å². The molecule has 1 aromatic heterocycles. The smallest absolute Gasteiger partial charge is 0.255 e. The largest absolute Gasteiger partial charge is 0.322 e. The molecule has 2 rings (SSSR count). The van der Waals surface area contributed by atoms with Gasteiger partial charge in [0.2, 0.25) is 0 Å². The highest BCUT2D eigenvalue weighted by Gasteiger charge is 2.09. The summed E-state index contributed by atoms with van der Waals surface area (Å²) in [4.78, 5) is 16.1.